The Balaban J connectivity index is 1.22. The van der Waals surface area contributed by atoms with Crippen LogP contribution in [0, 0.1) is 11.3 Å². The van der Waals surface area contributed by atoms with Crippen molar-refractivity contribution in [3.63, 3.8) is 0 Å². The molecule has 2 aliphatic rings. The average Bonchev–Trinajstić information content (AvgIpc) is 3.77. The summed E-state index contributed by atoms with van der Waals surface area (Å²) in [5, 5.41) is 15.5. The molecule has 2 aromatic heterocycles. The molecule has 10 rings (SSSR count). The van der Waals surface area contributed by atoms with Crippen molar-refractivity contribution >= 4 is 64.7 Å². The lowest BCUT2D eigenvalue weighted by Crippen LogP contribution is -2.39. The van der Waals surface area contributed by atoms with Crippen LogP contribution in [0.4, 0.5) is 11.4 Å². The minimum atomic E-state index is -0.193. The third-order valence-electron chi connectivity index (χ3n) is 10.5. The highest BCUT2D eigenvalue weighted by molar-refractivity contribution is 7.26. The SMILES string of the molecule is CC12C=CC=CC1N(c1c(C#N)cccc1-c1ccc3sc4c(ccc5c6ccccc6n(-c6ccccc6)c54)c3c1)c1ccccc12. The van der Waals surface area contributed by atoms with Crippen LogP contribution in [0.2, 0.25) is 0 Å². The van der Waals surface area contributed by atoms with E-state index in [2.05, 4.69) is 162 Å². The van der Waals surface area contributed by atoms with Crippen LogP contribution in [0.15, 0.2) is 152 Å². The summed E-state index contributed by atoms with van der Waals surface area (Å²) in [7, 11) is 0. The van der Waals surface area contributed by atoms with Crippen molar-refractivity contribution in [2.75, 3.05) is 4.90 Å². The molecule has 0 saturated carbocycles. The van der Waals surface area contributed by atoms with Crippen molar-refractivity contribution in [3.05, 3.63) is 163 Å². The summed E-state index contributed by atoms with van der Waals surface area (Å²) in [6.07, 6.45) is 8.88. The summed E-state index contributed by atoms with van der Waals surface area (Å²) in [4.78, 5) is 2.40. The van der Waals surface area contributed by atoms with Gasteiger partial charge < -0.3 is 9.47 Å². The number of benzene rings is 6. The molecule has 0 radical (unpaired) electrons. The maximum absolute atomic E-state index is 10.5. The van der Waals surface area contributed by atoms with Gasteiger partial charge in [-0.3, -0.25) is 0 Å². The first-order chi connectivity index (χ1) is 23.7. The molecule has 48 heavy (non-hydrogen) atoms. The van der Waals surface area contributed by atoms with Gasteiger partial charge in [-0.25, -0.2) is 0 Å². The van der Waals surface area contributed by atoms with E-state index in [1.807, 2.05) is 23.5 Å². The van der Waals surface area contributed by atoms with Crippen molar-refractivity contribution < 1.29 is 0 Å². The fraction of sp³-hybridized carbons (Fsp3) is 0.0682. The third kappa shape index (κ3) is 3.62. The first-order valence-electron chi connectivity index (χ1n) is 16.4. The summed E-state index contributed by atoms with van der Waals surface area (Å²) in [5.74, 6) is 0. The molecule has 0 N–H and O–H groups in total. The van der Waals surface area contributed by atoms with Crippen molar-refractivity contribution in [2.45, 2.75) is 18.4 Å². The third-order valence-corrected chi connectivity index (χ3v) is 11.7. The fourth-order valence-corrected chi connectivity index (χ4v) is 9.52. The number of hydrogen-bond acceptors (Lipinski definition) is 3. The molecule has 4 heteroatoms. The van der Waals surface area contributed by atoms with Crippen LogP contribution in [0.3, 0.4) is 0 Å². The van der Waals surface area contributed by atoms with Gasteiger partial charge in [-0.15, -0.1) is 11.3 Å². The Morgan fingerprint density at radius 2 is 1.54 bits per heavy atom. The molecule has 0 spiro atoms. The van der Waals surface area contributed by atoms with Crippen molar-refractivity contribution in [2.24, 2.45) is 0 Å². The predicted molar refractivity (Wildman–Crippen MR) is 202 cm³/mol. The van der Waals surface area contributed by atoms with Gasteiger partial charge in [0.05, 0.1) is 33.0 Å². The van der Waals surface area contributed by atoms with Crippen LogP contribution in [0.1, 0.15) is 18.1 Å². The number of rotatable bonds is 3. The van der Waals surface area contributed by atoms with E-state index in [9.17, 15) is 5.26 Å². The highest BCUT2D eigenvalue weighted by Gasteiger charge is 2.47. The maximum atomic E-state index is 10.5. The normalized spacial score (nSPS) is 18.2. The first kappa shape index (κ1) is 27.2. The lowest BCUT2D eigenvalue weighted by Gasteiger charge is -2.36. The summed E-state index contributed by atoms with van der Waals surface area (Å²) >= 11 is 1.86. The number of thiophene rings is 1. The highest BCUT2D eigenvalue weighted by Crippen LogP contribution is 2.54. The van der Waals surface area contributed by atoms with E-state index in [0.29, 0.717) is 5.56 Å². The molecule has 2 unspecified atom stereocenters. The number of para-hydroxylation sites is 4. The fourth-order valence-electron chi connectivity index (χ4n) is 8.30. The van der Waals surface area contributed by atoms with Crippen LogP contribution < -0.4 is 4.90 Å². The molecule has 8 aromatic rings. The number of allylic oxidation sites excluding steroid dienone is 2. The van der Waals surface area contributed by atoms with Crippen LogP contribution in [-0.2, 0) is 5.41 Å². The summed E-state index contributed by atoms with van der Waals surface area (Å²) in [6.45, 7) is 2.31. The van der Waals surface area contributed by atoms with E-state index < -0.39 is 0 Å². The second kappa shape index (κ2) is 10.1. The van der Waals surface area contributed by atoms with Gasteiger partial charge in [0.25, 0.3) is 0 Å². The molecular formula is C44H29N3S. The minimum absolute atomic E-state index is 0.0621. The van der Waals surface area contributed by atoms with Crippen molar-refractivity contribution in [1.82, 2.24) is 4.57 Å². The van der Waals surface area contributed by atoms with E-state index in [4.69, 9.17) is 0 Å². The zero-order valence-corrected chi connectivity index (χ0v) is 27.1. The van der Waals surface area contributed by atoms with Gasteiger partial charge in [-0.05, 0) is 60.5 Å². The summed E-state index contributed by atoms with van der Waals surface area (Å²) in [6, 6.07) is 48.3. The van der Waals surface area contributed by atoms with Gasteiger partial charge in [-0.2, -0.15) is 5.26 Å². The summed E-state index contributed by atoms with van der Waals surface area (Å²) < 4.78 is 4.96. The molecular weight excluding hydrogens is 603 g/mol. The number of nitriles is 1. The molecule has 0 fully saturated rings. The molecule has 1 aliphatic heterocycles. The monoisotopic (exact) mass is 631 g/mol. The number of aromatic nitrogens is 1. The highest BCUT2D eigenvalue weighted by atomic mass is 32.1. The molecule has 6 aromatic carbocycles. The molecule has 0 amide bonds. The van der Waals surface area contributed by atoms with Gasteiger partial charge >= 0.3 is 0 Å². The van der Waals surface area contributed by atoms with Gasteiger partial charge in [0.15, 0.2) is 0 Å². The Kier molecular flexibility index (Phi) is 5.71. The van der Waals surface area contributed by atoms with E-state index in [-0.39, 0.29) is 11.5 Å². The average molecular weight is 632 g/mol. The van der Waals surface area contributed by atoms with Gasteiger partial charge in [0.1, 0.15) is 6.07 Å². The largest absolute Gasteiger partial charge is 0.331 e. The Labute approximate surface area is 282 Å². The molecule has 3 heterocycles. The van der Waals surface area contributed by atoms with E-state index in [0.717, 1.165) is 28.2 Å². The lowest BCUT2D eigenvalue weighted by molar-refractivity contribution is 0.551. The second-order valence-corrected chi connectivity index (χ2v) is 14.1. The molecule has 226 valence electrons. The Hall–Kier alpha value is -5.89. The topological polar surface area (TPSA) is 32.0 Å². The van der Waals surface area contributed by atoms with Crippen LogP contribution in [-0.4, -0.2) is 10.6 Å². The van der Waals surface area contributed by atoms with Crippen molar-refractivity contribution in [1.29, 1.82) is 5.26 Å². The first-order valence-corrected chi connectivity index (χ1v) is 17.2. The standard InChI is InChI=1S/C44H29N3S/c1-44-25-10-9-20-40(44)47(38-19-8-6-17-36(38)44)41-29(27-45)12-11-16-31(41)28-21-24-39-35(26-28)34-23-22-33-32-15-5-7-18-37(32)46(42(33)43(34)48-39)30-13-3-2-4-14-30/h2-26,40H,1H3. The Bertz CT molecular complexity index is 2720. The van der Waals surface area contributed by atoms with Gasteiger partial charge in [-0.1, -0.05) is 109 Å². The zero-order valence-electron chi connectivity index (χ0n) is 26.3. The number of nitrogens with zero attached hydrogens (tertiary/aromatic N) is 3. The molecule has 2 atom stereocenters. The van der Waals surface area contributed by atoms with Crippen LogP contribution >= 0.6 is 11.3 Å². The molecule has 1 aliphatic carbocycles. The van der Waals surface area contributed by atoms with Crippen LogP contribution in [0.5, 0.6) is 0 Å². The van der Waals surface area contributed by atoms with Gasteiger partial charge in [0.2, 0.25) is 0 Å². The van der Waals surface area contributed by atoms with Gasteiger partial charge in [0, 0.05) is 48.6 Å². The lowest BCUT2D eigenvalue weighted by atomic mass is 9.76. The van der Waals surface area contributed by atoms with Crippen molar-refractivity contribution in [3.8, 4) is 22.9 Å². The van der Waals surface area contributed by atoms with Crippen LogP contribution in [0.25, 0.3) is 58.8 Å². The number of anilines is 2. The van der Waals surface area contributed by atoms with E-state index >= 15 is 0 Å². The summed E-state index contributed by atoms with van der Waals surface area (Å²) in [5.41, 5.74) is 9.70. The van der Waals surface area contributed by atoms with E-state index in [1.54, 1.807) is 0 Å². The maximum Gasteiger partial charge on any atom is 0.101 e. The smallest absolute Gasteiger partial charge is 0.101 e. The zero-order chi connectivity index (χ0) is 32.0. The predicted octanol–water partition coefficient (Wildman–Crippen LogP) is 11.6. The molecule has 3 nitrogen and oxygen atoms in total. The number of fused-ring (bicyclic) bond motifs is 10. The second-order valence-electron chi connectivity index (χ2n) is 13.0. The minimum Gasteiger partial charge on any atom is -0.331 e. The Morgan fingerprint density at radius 3 is 2.44 bits per heavy atom. The molecule has 0 bridgehead atoms. The van der Waals surface area contributed by atoms with E-state index in [1.165, 1.54) is 47.5 Å². The quantitative estimate of drug-likeness (QED) is 0.194. The number of hydrogen-bond donors (Lipinski definition) is 0. The Morgan fingerprint density at radius 1 is 0.729 bits per heavy atom. The molecule has 0 saturated heterocycles.